The van der Waals surface area contributed by atoms with Gasteiger partial charge in [0.05, 0.1) is 12.7 Å². The van der Waals surface area contributed by atoms with Gasteiger partial charge in [-0.3, -0.25) is 0 Å². The Morgan fingerprint density at radius 3 is 2.48 bits per heavy atom. The van der Waals surface area contributed by atoms with Crippen LogP contribution in [0.4, 0.5) is 0 Å². The van der Waals surface area contributed by atoms with E-state index in [0.717, 1.165) is 25.0 Å². The molecule has 0 aliphatic heterocycles. The van der Waals surface area contributed by atoms with Crippen LogP contribution >= 0.6 is 0 Å². The van der Waals surface area contributed by atoms with Crippen LogP contribution in [0.2, 0.25) is 0 Å². The van der Waals surface area contributed by atoms with E-state index in [-0.39, 0.29) is 5.41 Å². The first-order chi connectivity index (χ1) is 11.6. The van der Waals surface area contributed by atoms with Crippen LogP contribution in [-0.2, 0) is 6.42 Å². The van der Waals surface area contributed by atoms with Crippen molar-refractivity contribution in [3.8, 4) is 5.75 Å². The Morgan fingerprint density at radius 2 is 1.80 bits per heavy atom. The van der Waals surface area contributed by atoms with E-state index < -0.39 is 5.60 Å². The lowest BCUT2D eigenvalue weighted by Gasteiger charge is -2.61. The monoisotopic (exact) mass is 344 g/mol. The molecular formula is C23H36O2. The molecule has 0 heterocycles. The summed E-state index contributed by atoms with van der Waals surface area (Å²) < 4.78 is 5.48. The summed E-state index contributed by atoms with van der Waals surface area (Å²) in [4.78, 5) is 0. The molecule has 0 radical (unpaired) electrons. The van der Waals surface area contributed by atoms with Gasteiger partial charge in [-0.25, -0.2) is 0 Å². The van der Waals surface area contributed by atoms with Crippen LogP contribution in [-0.4, -0.2) is 17.8 Å². The highest BCUT2D eigenvalue weighted by atomic mass is 16.5. The smallest absolute Gasteiger partial charge is 0.119 e. The number of aryl methyl sites for hydroxylation is 1. The van der Waals surface area contributed by atoms with Crippen LogP contribution in [0, 0.1) is 29.6 Å². The van der Waals surface area contributed by atoms with Crippen LogP contribution in [0.25, 0.3) is 0 Å². The van der Waals surface area contributed by atoms with Crippen LogP contribution in [0.3, 0.4) is 0 Å². The van der Waals surface area contributed by atoms with E-state index in [0.29, 0.717) is 17.3 Å². The molecule has 1 aromatic carbocycles. The first-order valence-corrected chi connectivity index (χ1v) is 9.95. The average molecular weight is 345 g/mol. The van der Waals surface area contributed by atoms with E-state index in [1.165, 1.54) is 30.4 Å². The molecule has 140 valence electrons. The maximum absolute atomic E-state index is 11.3. The van der Waals surface area contributed by atoms with E-state index in [1.54, 1.807) is 7.11 Å². The Balaban J connectivity index is 1.98. The molecule has 1 unspecified atom stereocenters. The summed E-state index contributed by atoms with van der Waals surface area (Å²) >= 11 is 0. The van der Waals surface area contributed by atoms with Gasteiger partial charge in [-0.1, -0.05) is 33.3 Å². The van der Waals surface area contributed by atoms with E-state index in [9.17, 15) is 5.11 Å². The highest BCUT2D eigenvalue weighted by Gasteiger charge is 2.57. The van der Waals surface area contributed by atoms with Crippen molar-refractivity contribution >= 4 is 0 Å². The van der Waals surface area contributed by atoms with E-state index in [1.807, 2.05) is 0 Å². The Bertz CT molecular complexity index is 631. The average Bonchev–Trinajstić information content (AvgIpc) is 2.49. The second-order valence-electron chi connectivity index (χ2n) is 9.91. The standard InChI is InChI=1S/C23H36O2/c1-16-12-17(14-18(13-16)25-6)15-20-22(4)10-7-9-21(2,3)19(22)8-11-23(20,5)24/h12-14,19-20,24H,7-11,15H2,1-6H3/t19?,20-,22+,23-/m1/s1. The quantitative estimate of drug-likeness (QED) is 0.780. The number of hydrogen-bond acceptors (Lipinski definition) is 2. The van der Waals surface area contributed by atoms with Gasteiger partial charge in [-0.05, 0) is 91.9 Å². The maximum Gasteiger partial charge on any atom is 0.119 e. The van der Waals surface area contributed by atoms with Crippen LogP contribution in [0.5, 0.6) is 5.75 Å². The number of aliphatic hydroxyl groups is 1. The van der Waals surface area contributed by atoms with Crippen LogP contribution in [0.1, 0.15) is 70.9 Å². The summed E-state index contributed by atoms with van der Waals surface area (Å²) in [6.07, 6.45) is 6.86. The lowest BCUT2D eigenvalue weighted by atomic mass is 9.45. The van der Waals surface area contributed by atoms with Gasteiger partial charge in [-0.15, -0.1) is 0 Å². The van der Waals surface area contributed by atoms with E-state index in [4.69, 9.17) is 4.74 Å². The zero-order valence-corrected chi connectivity index (χ0v) is 17.0. The molecule has 2 saturated carbocycles. The number of fused-ring (bicyclic) bond motifs is 1. The number of hydrogen-bond donors (Lipinski definition) is 1. The van der Waals surface area contributed by atoms with Gasteiger partial charge in [0.1, 0.15) is 5.75 Å². The van der Waals surface area contributed by atoms with Gasteiger partial charge in [-0.2, -0.15) is 0 Å². The van der Waals surface area contributed by atoms with Crippen molar-refractivity contribution in [2.75, 3.05) is 7.11 Å². The van der Waals surface area contributed by atoms with Crippen molar-refractivity contribution in [1.29, 1.82) is 0 Å². The molecule has 1 aromatic rings. The molecular weight excluding hydrogens is 308 g/mol. The molecule has 3 rings (SSSR count). The van der Waals surface area contributed by atoms with Gasteiger partial charge in [0.25, 0.3) is 0 Å². The fourth-order valence-electron chi connectivity index (χ4n) is 6.37. The minimum absolute atomic E-state index is 0.209. The van der Waals surface area contributed by atoms with Crippen molar-refractivity contribution in [3.63, 3.8) is 0 Å². The zero-order chi connectivity index (χ0) is 18.5. The Labute approximate surface area is 154 Å². The molecule has 2 fully saturated rings. The largest absolute Gasteiger partial charge is 0.497 e. The second kappa shape index (κ2) is 6.30. The van der Waals surface area contributed by atoms with Crippen molar-refractivity contribution in [2.45, 2.75) is 78.7 Å². The number of ether oxygens (including phenoxy) is 1. The molecule has 0 bridgehead atoms. The minimum Gasteiger partial charge on any atom is -0.497 e. The number of methoxy groups -OCH3 is 1. The molecule has 2 nitrogen and oxygen atoms in total. The Hall–Kier alpha value is -1.02. The molecule has 2 heteroatoms. The highest BCUT2D eigenvalue weighted by molar-refractivity contribution is 5.34. The first kappa shape index (κ1) is 18.8. The number of rotatable bonds is 3. The minimum atomic E-state index is -0.588. The second-order valence-corrected chi connectivity index (χ2v) is 9.91. The third-order valence-corrected chi connectivity index (χ3v) is 7.55. The molecule has 4 atom stereocenters. The van der Waals surface area contributed by atoms with E-state index in [2.05, 4.69) is 52.8 Å². The van der Waals surface area contributed by atoms with Gasteiger partial charge in [0.15, 0.2) is 0 Å². The Kier molecular flexibility index (Phi) is 4.73. The van der Waals surface area contributed by atoms with Crippen molar-refractivity contribution in [2.24, 2.45) is 22.7 Å². The summed E-state index contributed by atoms with van der Waals surface area (Å²) in [7, 11) is 1.73. The molecule has 25 heavy (non-hydrogen) atoms. The lowest BCUT2D eigenvalue weighted by Crippen LogP contribution is -2.58. The zero-order valence-electron chi connectivity index (χ0n) is 17.0. The van der Waals surface area contributed by atoms with Crippen molar-refractivity contribution in [1.82, 2.24) is 0 Å². The highest BCUT2D eigenvalue weighted by Crippen LogP contribution is 2.62. The molecule has 1 N–H and O–H groups in total. The Morgan fingerprint density at radius 1 is 1.08 bits per heavy atom. The summed E-state index contributed by atoms with van der Waals surface area (Å²) in [5.41, 5.74) is 2.53. The molecule has 0 saturated heterocycles. The van der Waals surface area contributed by atoms with Crippen molar-refractivity contribution < 1.29 is 9.84 Å². The normalized spacial score (nSPS) is 37.4. The fourth-order valence-corrected chi connectivity index (χ4v) is 6.37. The summed E-state index contributed by atoms with van der Waals surface area (Å²) in [5.74, 6) is 1.92. The molecule has 0 aromatic heterocycles. The summed E-state index contributed by atoms with van der Waals surface area (Å²) in [6, 6.07) is 6.50. The van der Waals surface area contributed by atoms with Crippen LogP contribution < -0.4 is 4.74 Å². The topological polar surface area (TPSA) is 29.5 Å². The first-order valence-electron chi connectivity index (χ1n) is 9.95. The van der Waals surface area contributed by atoms with Crippen molar-refractivity contribution in [3.05, 3.63) is 29.3 Å². The number of benzene rings is 1. The molecule has 0 spiro atoms. The predicted octanol–water partition coefficient (Wildman–Crippen LogP) is 5.54. The van der Waals surface area contributed by atoms with Crippen LogP contribution in [0.15, 0.2) is 18.2 Å². The van der Waals surface area contributed by atoms with Gasteiger partial charge < -0.3 is 9.84 Å². The SMILES string of the molecule is COc1cc(C)cc(C[C@@H]2[C@@]3(C)CCCC(C)(C)C3CC[C@@]2(C)O)c1. The van der Waals surface area contributed by atoms with Gasteiger partial charge >= 0.3 is 0 Å². The van der Waals surface area contributed by atoms with Gasteiger partial charge in [0.2, 0.25) is 0 Å². The maximum atomic E-state index is 11.3. The molecule has 0 amide bonds. The summed E-state index contributed by atoms with van der Waals surface area (Å²) in [5, 5.41) is 11.3. The van der Waals surface area contributed by atoms with Gasteiger partial charge in [0, 0.05) is 0 Å². The van der Waals surface area contributed by atoms with E-state index >= 15 is 0 Å². The molecule has 2 aliphatic carbocycles. The predicted molar refractivity (Wildman–Crippen MR) is 104 cm³/mol. The fraction of sp³-hybridized carbons (Fsp3) is 0.739. The lowest BCUT2D eigenvalue weighted by molar-refractivity contribution is -0.166. The third kappa shape index (κ3) is 3.35. The molecule has 2 aliphatic rings. The third-order valence-electron chi connectivity index (χ3n) is 7.55. The summed E-state index contributed by atoms with van der Waals surface area (Å²) in [6.45, 7) is 11.6.